The summed E-state index contributed by atoms with van der Waals surface area (Å²) in [6, 6.07) is -0.845. The highest BCUT2D eigenvalue weighted by Gasteiger charge is 2.38. The number of nitrogens with zero attached hydrogens (tertiary/aromatic N) is 1. The van der Waals surface area contributed by atoms with E-state index >= 15 is 0 Å². The van der Waals surface area contributed by atoms with Gasteiger partial charge in [-0.3, -0.25) is 4.90 Å². The van der Waals surface area contributed by atoms with Gasteiger partial charge in [0.2, 0.25) is 0 Å². The molecule has 1 aliphatic heterocycles. The fraction of sp³-hybridized carbons (Fsp3) is 0.750. The van der Waals surface area contributed by atoms with Crippen molar-refractivity contribution < 1.29 is 19.8 Å². The summed E-state index contributed by atoms with van der Waals surface area (Å²) >= 11 is 0. The molecule has 5 nitrogen and oxygen atoms in total. The second-order valence-electron chi connectivity index (χ2n) is 3.30. The molecule has 0 aromatic carbocycles. The number of likely N-dealkylation sites (tertiary alicyclic amines) is 1. The van der Waals surface area contributed by atoms with Gasteiger partial charge >= 0.3 is 12.1 Å². The standard InChI is InChI=1S/C8H13NO4/c1-2-5-3-6(7(10)11)9(4-5)8(12)13/h5-6H,2-4H2,1H3,(H,10,11)(H,12,13)/t5-,6-/m1/s1. The van der Waals surface area contributed by atoms with Crippen LogP contribution in [0.1, 0.15) is 19.8 Å². The van der Waals surface area contributed by atoms with Crippen LogP contribution in [0, 0.1) is 5.92 Å². The Labute approximate surface area is 76.0 Å². The molecule has 1 saturated heterocycles. The molecule has 2 N–H and O–H groups in total. The monoisotopic (exact) mass is 187 g/mol. The summed E-state index contributed by atoms with van der Waals surface area (Å²) in [5.41, 5.74) is 0. The first kappa shape index (κ1) is 9.83. The van der Waals surface area contributed by atoms with Crippen molar-refractivity contribution in [1.29, 1.82) is 0 Å². The van der Waals surface area contributed by atoms with E-state index < -0.39 is 18.1 Å². The van der Waals surface area contributed by atoms with Gasteiger partial charge in [-0.2, -0.15) is 0 Å². The van der Waals surface area contributed by atoms with Gasteiger partial charge in [0.1, 0.15) is 6.04 Å². The molecule has 0 radical (unpaired) electrons. The summed E-state index contributed by atoms with van der Waals surface area (Å²) in [7, 11) is 0. The largest absolute Gasteiger partial charge is 0.480 e. The van der Waals surface area contributed by atoms with Crippen LogP contribution in [0.2, 0.25) is 0 Å². The molecule has 2 atom stereocenters. The van der Waals surface area contributed by atoms with Gasteiger partial charge in [0, 0.05) is 6.54 Å². The molecule has 0 aromatic heterocycles. The average Bonchev–Trinajstić information content (AvgIpc) is 2.47. The quantitative estimate of drug-likeness (QED) is 0.671. The fourth-order valence-electron chi connectivity index (χ4n) is 1.66. The molecule has 0 spiro atoms. The third-order valence-electron chi connectivity index (χ3n) is 2.50. The molecule has 1 fully saturated rings. The highest BCUT2D eigenvalue weighted by atomic mass is 16.4. The van der Waals surface area contributed by atoms with Gasteiger partial charge in [-0.1, -0.05) is 13.3 Å². The number of rotatable bonds is 2. The first-order chi connectivity index (χ1) is 6.06. The second kappa shape index (κ2) is 3.64. The number of aliphatic carboxylic acids is 1. The van der Waals surface area contributed by atoms with Crippen molar-refractivity contribution >= 4 is 12.1 Å². The van der Waals surface area contributed by atoms with Gasteiger partial charge in [0.05, 0.1) is 0 Å². The molecule has 74 valence electrons. The Bertz CT molecular complexity index is 206. The number of hydrogen-bond acceptors (Lipinski definition) is 2. The zero-order valence-corrected chi connectivity index (χ0v) is 7.43. The van der Waals surface area contributed by atoms with Crippen LogP contribution in [-0.4, -0.2) is 39.8 Å². The average molecular weight is 187 g/mol. The maximum Gasteiger partial charge on any atom is 0.408 e. The van der Waals surface area contributed by atoms with Gasteiger partial charge in [-0.05, 0) is 12.3 Å². The molecule has 0 aromatic rings. The van der Waals surface area contributed by atoms with Gasteiger partial charge in [-0.25, -0.2) is 9.59 Å². The molecule has 0 aliphatic carbocycles. The Balaban J connectivity index is 2.71. The first-order valence-electron chi connectivity index (χ1n) is 4.28. The van der Waals surface area contributed by atoms with Crippen molar-refractivity contribution in [1.82, 2.24) is 4.90 Å². The van der Waals surface area contributed by atoms with Crippen LogP contribution in [0.5, 0.6) is 0 Å². The van der Waals surface area contributed by atoms with E-state index in [0.29, 0.717) is 13.0 Å². The van der Waals surface area contributed by atoms with E-state index in [1.54, 1.807) is 0 Å². The van der Waals surface area contributed by atoms with E-state index in [2.05, 4.69) is 0 Å². The van der Waals surface area contributed by atoms with E-state index in [9.17, 15) is 9.59 Å². The van der Waals surface area contributed by atoms with Crippen LogP contribution >= 0.6 is 0 Å². The van der Waals surface area contributed by atoms with Crippen molar-refractivity contribution in [2.45, 2.75) is 25.8 Å². The number of hydrogen-bond donors (Lipinski definition) is 2. The zero-order chi connectivity index (χ0) is 10.0. The molecule has 0 saturated carbocycles. The lowest BCUT2D eigenvalue weighted by Crippen LogP contribution is -2.39. The Morgan fingerprint density at radius 2 is 2.08 bits per heavy atom. The summed E-state index contributed by atoms with van der Waals surface area (Å²) in [4.78, 5) is 22.3. The normalized spacial score (nSPS) is 27.6. The molecule has 1 amide bonds. The van der Waals surface area contributed by atoms with Crippen molar-refractivity contribution in [3.05, 3.63) is 0 Å². The first-order valence-corrected chi connectivity index (χ1v) is 4.28. The molecule has 13 heavy (non-hydrogen) atoms. The molecular weight excluding hydrogens is 174 g/mol. The van der Waals surface area contributed by atoms with E-state index in [4.69, 9.17) is 10.2 Å². The van der Waals surface area contributed by atoms with Gasteiger partial charge in [-0.15, -0.1) is 0 Å². The topological polar surface area (TPSA) is 77.8 Å². The molecular formula is C8H13NO4. The number of carboxylic acid groups (broad SMARTS) is 2. The van der Waals surface area contributed by atoms with Crippen molar-refractivity contribution in [2.24, 2.45) is 5.92 Å². The Hall–Kier alpha value is -1.26. The third kappa shape index (κ3) is 1.91. The van der Waals surface area contributed by atoms with Crippen LogP contribution in [0.4, 0.5) is 4.79 Å². The van der Waals surface area contributed by atoms with Gasteiger partial charge < -0.3 is 10.2 Å². The Morgan fingerprint density at radius 3 is 2.38 bits per heavy atom. The molecule has 5 heteroatoms. The summed E-state index contributed by atoms with van der Waals surface area (Å²) in [5.74, 6) is -0.851. The molecule has 0 bridgehead atoms. The van der Waals surface area contributed by atoms with Crippen molar-refractivity contribution in [2.75, 3.05) is 6.54 Å². The van der Waals surface area contributed by atoms with Crippen LogP contribution in [-0.2, 0) is 4.79 Å². The SMILES string of the molecule is CC[C@@H]1C[C@H](C(=O)O)N(C(=O)O)C1. The van der Waals surface area contributed by atoms with Crippen molar-refractivity contribution in [3.8, 4) is 0 Å². The molecule has 0 unspecified atom stereocenters. The van der Waals surface area contributed by atoms with E-state index in [1.165, 1.54) is 0 Å². The maximum absolute atomic E-state index is 10.7. The van der Waals surface area contributed by atoms with Crippen LogP contribution in [0.25, 0.3) is 0 Å². The van der Waals surface area contributed by atoms with E-state index in [1.807, 2.05) is 6.92 Å². The Kier molecular flexibility index (Phi) is 2.75. The predicted octanol–water partition coefficient (Wildman–Crippen LogP) is 0.850. The van der Waals surface area contributed by atoms with Gasteiger partial charge in [0.25, 0.3) is 0 Å². The van der Waals surface area contributed by atoms with Crippen molar-refractivity contribution in [3.63, 3.8) is 0 Å². The van der Waals surface area contributed by atoms with Crippen LogP contribution in [0.15, 0.2) is 0 Å². The summed E-state index contributed by atoms with van der Waals surface area (Å²) < 4.78 is 0. The minimum atomic E-state index is -1.14. The lowest BCUT2D eigenvalue weighted by molar-refractivity contribution is -0.141. The van der Waals surface area contributed by atoms with Crippen LogP contribution < -0.4 is 0 Å². The predicted molar refractivity (Wildman–Crippen MR) is 44.6 cm³/mol. The lowest BCUT2D eigenvalue weighted by Gasteiger charge is -2.16. The van der Waals surface area contributed by atoms with Crippen LogP contribution in [0.3, 0.4) is 0 Å². The van der Waals surface area contributed by atoms with E-state index in [-0.39, 0.29) is 5.92 Å². The molecule has 1 rings (SSSR count). The smallest absolute Gasteiger partial charge is 0.408 e. The maximum atomic E-state index is 10.7. The highest BCUT2D eigenvalue weighted by molar-refractivity contribution is 5.80. The molecule has 1 heterocycles. The van der Waals surface area contributed by atoms with Gasteiger partial charge in [0.15, 0.2) is 0 Å². The third-order valence-corrected chi connectivity index (χ3v) is 2.50. The molecule has 1 aliphatic rings. The number of carboxylic acids is 1. The fourth-order valence-corrected chi connectivity index (χ4v) is 1.66. The Morgan fingerprint density at radius 1 is 1.46 bits per heavy atom. The highest BCUT2D eigenvalue weighted by Crippen LogP contribution is 2.25. The lowest BCUT2D eigenvalue weighted by atomic mass is 10.0. The minimum Gasteiger partial charge on any atom is -0.480 e. The number of amides is 1. The minimum absolute atomic E-state index is 0.192. The second-order valence-corrected chi connectivity index (χ2v) is 3.30. The summed E-state index contributed by atoms with van der Waals surface area (Å²) in [6.07, 6.45) is 0.134. The zero-order valence-electron chi connectivity index (χ0n) is 7.43. The summed E-state index contributed by atoms with van der Waals surface area (Å²) in [6.45, 7) is 2.29. The van der Waals surface area contributed by atoms with E-state index in [0.717, 1.165) is 11.3 Å². The number of carbonyl (C=O) groups is 2. The summed E-state index contributed by atoms with van der Waals surface area (Å²) in [5, 5.41) is 17.4.